The van der Waals surface area contributed by atoms with E-state index in [1.54, 1.807) is 18.2 Å². The molecule has 3 aromatic carbocycles. The van der Waals surface area contributed by atoms with Crippen molar-refractivity contribution >= 4 is 49.9 Å². The van der Waals surface area contributed by atoms with Gasteiger partial charge in [-0.25, -0.2) is 0 Å². The number of anilines is 2. The van der Waals surface area contributed by atoms with Gasteiger partial charge in [0.25, 0.3) is 5.91 Å². The molecule has 2 amide bonds. The molecule has 0 bridgehead atoms. The zero-order valence-electron chi connectivity index (χ0n) is 15.4. The van der Waals surface area contributed by atoms with Gasteiger partial charge in [-0.05, 0) is 51.0 Å². The Morgan fingerprint density at radius 2 is 1.75 bits per heavy atom. The minimum absolute atomic E-state index is 0.154. The monoisotopic (exact) mass is 442 g/mol. The van der Waals surface area contributed by atoms with Gasteiger partial charge < -0.3 is 20.1 Å². The third-order valence-electron chi connectivity index (χ3n) is 3.98. The van der Waals surface area contributed by atoms with E-state index in [-0.39, 0.29) is 18.4 Å². The third-order valence-corrected chi connectivity index (χ3v) is 4.80. The Balaban J connectivity index is 1.68. The fraction of sp³-hybridized carbons (Fsp3) is 0.143. The topological polar surface area (TPSA) is 76.7 Å². The van der Waals surface area contributed by atoms with Crippen LogP contribution in [0.2, 0.25) is 0 Å². The molecule has 0 saturated carbocycles. The molecule has 3 aromatic rings. The molecule has 28 heavy (non-hydrogen) atoms. The summed E-state index contributed by atoms with van der Waals surface area (Å²) in [6, 6.07) is 16.6. The summed E-state index contributed by atoms with van der Waals surface area (Å²) in [5, 5.41) is 7.50. The highest BCUT2D eigenvalue weighted by molar-refractivity contribution is 9.10. The van der Waals surface area contributed by atoms with Crippen LogP contribution in [0, 0.1) is 0 Å². The molecule has 7 heteroatoms. The van der Waals surface area contributed by atoms with E-state index < -0.39 is 0 Å². The van der Waals surface area contributed by atoms with E-state index in [9.17, 15) is 9.59 Å². The number of carbonyl (C=O) groups is 2. The van der Waals surface area contributed by atoms with Crippen LogP contribution < -0.4 is 20.1 Å². The summed E-state index contributed by atoms with van der Waals surface area (Å²) in [5.41, 5.74) is 1.00. The third kappa shape index (κ3) is 4.61. The van der Waals surface area contributed by atoms with Crippen molar-refractivity contribution in [2.75, 3.05) is 24.4 Å². The van der Waals surface area contributed by atoms with Crippen molar-refractivity contribution in [1.82, 2.24) is 0 Å². The van der Waals surface area contributed by atoms with Gasteiger partial charge in [0.15, 0.2) is 6.61 Å². The maximum absolute atomic E-state index is 12.3. The number of fused-ring (bicyclic) bond motifs is 1. The second-order valence-corrected chi connectivity index (χ2v) is 6.82. The van der Waals surface area contributed by atoms with Crippen LogP contribution in [0.5, 0.6) is 11.5 Å². The largest absolute Gasteiger partial charge is 0.495 e. The van der Waals surface area contributed by atoms with Crippen molar-refractivity contribution in [3.05, 3.63) is 59.1 Å². The van der Waals surface area contributed by atoms with Gasteiger partial charge in [-0.2, -0.15) is 0 Å². The van der Waals surface area contributed by atoms with E-state index in [1.165, 1.54) is 14.0 Å². The Morgan fingerprint density at radius 3 is 2.50 bits per heavy atom. The average molecular weight is 443 g/mol. The molecule has 0 aliphatic carbocycles. The highest BCUT2D eigenvalue weighted by Crippen LogP contribution is 2.33. The van der Waals surface area contributed by atoms with E-state index in [2.05, 4.69) is 26.6 Å². The van der Waals surface area contributed by atoms with Gasteiger partial charge in [0, 0.05) is 12.6 Å². The summed E-state index contributed by atoms with van der Waals surface area (Å²) in [5.74, 6) is 0.539. The first kappa shape index (κ1) is 19.7. The fourth-order valence-electron chi connectivity index (χ4n) is 2.74. The van der Waals surface area contributed by atoms with Crippen LogP contribution in [-0.4, -0.2) is 25.5 Å². The van der Waals surface area contributed by atoms with Crippen LogP contribution in [0.1, 0.15) is 6.92 Å². The van der Waals surface area contributed by atoms with Gasteiger partial charge in [0.05, 0.1) is 17.3 Å². The number of rotatable bonds is 6. The molecule has 0 fully saturated rings. The first-order valence-electron chi connectivity index (χ1n) is 8.53. The summed E-state index contributed by atoms with van der Waals surface area (Å²) in [6.45, 7) is 1.25. The highest BCUT2D eigenvalue weighted by Gasteiger charge is 2.11. The minimum Gasteiger partial charge on any atom is -0.495 e. The molecule has 3 rings (SSSR count). The Hall–Kier alpha value is -3.06. The molecule has 144 valence electrons. The number of methoxy groups -OCH3 is 1. The lowest BCUT2D eigenvalue weighted by atomic mass is 10.1. The Morgan fingerprint density at radius 1 is 1.00 bits per heavy atom. The number of carbonyl (C=O) groups excluding carboxylic acids is 2. The Labute approximate surface area is 171 Å². The quantitative estimate of drug-likeness (QED) is 0.585. The fourth-order valence-corrected chi connectivity index (χ4v) is 3.35. The summed E-state index contributed by atoms with van der Waals surface area (Å²) >= 11 is 3.54. The molecular weight excluding hydrogens is 424 g/mol. The first-order chi connectivity index (χ1) is 13.5. The van der Waals surface area contributed by atoms with Crippen molar-refractivity contribution in [2.24, 2.45) is 0 Å². The van der Waals surface area contributed by atoms with Gasteiger partial charge in [0.1, 0.15) is 11.5 Å². The number of halogens is 1. The molecule has 6 nitrogen and oxygen atoms in total. The van der Waals surface area contributed by atoms with Crippen LogP contribution in [0.15, 0.2) is 59.1 Å². The molecule has 0 unspecified atom stereocenters. The Bertz CT molecular complexity index is 1040. The molecule has 0 heterocycles. The lowest BCUT2D eigenvalue weighted by molar-refractivity contribution is -0.118. The number of nitrogens with one attached hydrogen (secondary N) is 2. The molecule has 2 N–H and O–H groups in total. The predicted octanol–water partition coefficient (Wildman–Crippen LogP) is 4.59. The molecule has 0 radical (unpaired) electrons. The highest BCUT2D eigenvalue weighted by atomic mass is 79.9. The maximum atomic E-state index is 12.3. The second kappa shape index (κ2) is 8.75. The smallest absolute Gasteiger partial charge is 0.262 e. The number of hydrogen-bond acceptors (Lipinski definition) is 4. The summed E-state index contributed by atoms with van der Waals surface area (Å²) in [6.07, 6.45) is 0. The molecule has 0 aliphatic heterocycles. The summed E-state index contributed by atoms with van der Waals surface area (Å²) < 4.78 is 11.7. The second-order valence-electron chi connectivity index (χ2n) is 6.03. The first-order valence-corrected chi connectivity index (χ1v) is 9.33. The lowest BCUT2D eigenvalue weighted by Gasteiger charge is -2.13. The van der Waals surface area contributed by atoms with Gasteiger partial charge in [-0.15, -0.1) is 0 Å². The van der Waals surface area contributed by atoms with Crippen LogP contribution in [-0.2, 0) is 9.59 Å². The zero-order valence-corrected chi connectivity index (χ0v) is 17.0. The maximum Gasteiger partial charge on any atom is 0.262 e. The normalized spacial score (nSPS) is 10.4. The van der Waals surface area contributed by atoms with Crippen molar-refractivity contribution in [2.45, 2.75) is 6.92 Å². The number of amides is 2. The molecule has 0 aliphatic rings. The molecular formula is C21H19BrN2O4. The molecule has 0 spiro atoms. The number of hydrogen-bond donors (Lipinski definition) is 2. The number of ether oxygens (including phenoxy) is 2. The van der Waals surface area contributed by atoms with Crippen molar-refractivity contribution < 1.29 is 19.1 Å². The van der Waals surface area contributed by atoms with Crippen LogP contribution in [0.4, 0.5) is 11.4 Å². The minimum atomic E-state index is -0.320. The van der Waals surface area contributed by atoms with Crippen molar-refractivity contribution in [3.63, 3.8) is 0 Å². The summed E-state index contributed by atoms with van der Waals surface area (Å²) in [7, 11) is 1.51. The van der Waals surface area contributed by atoms with E-state index in [0.29, 0.717) is 22.9 Å². The lowest BCUT2D eigenvalue weighted by Crippen LogP contribution is -2.20. The van der Waals surface area contributed by atoms with Gasteiger partial charge in [0.2, 0.25) is 5.91 Å². The Kier molecular flexibility index (Phi) is 6.16. The van der Waals surface area contributed by atoms with E-state index >= 15 is 0 Å². The summed E-state index contributed by atoms with van der Waals surface area (Å²) in [4.78, 5) is 23.6. The van der Waals surface area contributed by atoms with Crippen LogP contribution >= 0.6 is 15.9 Å². The van der Waals surface area contributed by atoms with E-state index in [1.807, 2.05) is 36.4 Å². The molecule has 0 atom stereocenters. The number of benzene rings is 3. The van der Waals surface area contributed by atoms with Gasteiger partial charge in [-0.1, -0.05) is 30.3 Å². The van der Waals surface area contributed by atoms with E-state index in [4.69, 9.17) is 9.47 Å². The van der Waals surface area contributed by atoms with Crippen LogP contribution in [0.3, 0.4) is 0 Å². The SMILES string of the molecule is COc1ccc(NC(=O)COc2ccc3ccccc3c2Br)cc1NC(C)=O. The molecule has 0 aromatic heterocycles. The van der Waals surface area contributed by atoms with Crippen molar-refractivity contribution in [1.29, 1.82) is 0 Å². The van der Waals surface area contributed by atoms with Crippen molar-refractivity contribution in [3.8, 4) is 11.5 Å². The zero-order chi connectivity index (χ0) is 20.1. The molecule has 0 saturated heterocycles. The van der Waals surface area contributed by atoms with Gasteiger partial charge in [-0.3, -0.25) is 9.59 Å². The predicted molar refractivity (Wildman–Crippen MR) is 113 cm³/mol. The van der Waals surface area contributed by atoms with E-state index in [0.717, 1.165) is 15.2 Å². The van der Waals surface area contributed by atoms with Crippen LogP contribution in [0.25, 0.3) is 10.8 Å². The average Bonchev–Trinajstić information content (AvgIpc) is 2.67. The standard InChI is InChI=1S/C21H19BrN2O4/c1-13(25)23-17-11-15(8-10-18(17)27-2)24-20(26)12-28-19-9-7-14-5-3-4-6-16(14)21(19)22/h3-11H,12H2,1-2H3,(H,23,25)(H,24,26). The van der Waals surface area contributed by atoms with Gasteiger partial charge >= 0.3 is 0 Å².